The van der Waals surface area contributed by atoms with Crippen molar-refractivity contribution in [3.8, 4) is 5.75 Å². The molecule has 7 heteroatoms. The fraction of sp³-hybridized carbons (Fsp3) is 0.316. The van der Waals surface area contributed by atoms with Crippen LogP contribution in [0.15, 0.2) is 36.4 Å². The number of benzene rings is 2. The Labute approximate surface area is 162 Å². The summed E-state index contributed by atoms with van der Waals surface area (Å²) in [4.78, 5) is 14.3. The zero-order chi connectivity index (χ0) is 18.8. The molecule has 3 N–H and O–H groups in total. The maximum Gasteiger partial charge on any atom is 0.255 e. The van der Waals surface area contributed by atoms with Gasteiger partial charge in [-0.25, -0.2) is 0 Å². The number of rotatable bonds is 4. The highest BCUT2D eigenvalue weighted by atomic mass is 35.5. The minimum Gasteiger partial charge on any atom is -0.507 e. The highest BCUT2D eigenvalue weighted by molar-refractivity contribution is 6.42. The molecule has 5 nitrogen and oxygen atoms in total. The minimum absolute atomic E-state index is 0.0562. The molecule has 2 atom stereocenters. The molecular weight excluding hydrogens is 375 g/mol. The Balaban J connectivity index is 1.64. The van der Waals surface area contributed by atoms with Crippen molar-refractivity contribution >= 4 is 29.1 Å². The van der Waals surface area contributed by atoms with Crippen LogP contribution in [0.25, 0.3) is 0 Å². The van der Waals surface area contributed by atoms with Crippen LogP contribution in [-0.4, -0.2) is 39.8 Å². The first-order valence-electron chi connectivity index (χ1n) is 8.30. The van der Waals surface area contributed by atoms with Gasteiger partial charge in [0.1, 0.15) is 12.0 Å². The molecule has 2 aromatic carbocycles. The topological polar surface area (TPSA) is 72.8 Å². The number of carbonyl (C=O) groups excluding carboxylic acids is 1. The molecule has 0 bridgehead atoms. The molecule has 0 radical (unpaired) electrons. The zero-order valence-corrected chi connectivity index (χ0v) is 15.8. The van der Waals surface area contributed by atoms with E-state index in [-0.39, 0.29) is 23.3 Å². The smallest absolute Gasteiger partial charge is 0.255 e. The van der Waals surface area contributed by atoms with Gasteiger partial charge in [0, 0.05) is 25.6 Å². The third kappa shape index (κ3) is 4.30. The first kappa shape index (κ1) is 19.0. The van der Waals surface area contributed by atoms with E-state index >= 15 is 0 Å². The number of phenols is 1. The molecule has 2 aromatic rings. The lowest BCUT2D eigenvalue weighted by Gasteiger charge is -2.20. The average Bonchev–Trinajstić information content (AvgIpc) is 2.92. The lowest BCUT2D eigenvalue weighted by Crippen LogP contribution is -2.37. The van der Waals surface area contributed by atoms with Gasteiger partial charge in [-0.2, -0.15) is 0 Å². The van der Waals surface area contributed by atoms with Crippen LogP contribution in [0.3, 0.4) is 0 Å². The van der Waals surface area contributed by atoms with Gasteiger partial charge < -0.3 is 15.5 Å². The maximum absolute atomic E-state index is 12.4. The van der Waals surface area contributed by atoms with Crippen LogP contribution in [0, 0.1) is 6.92 Å². The Morgan fingerprint density at radius 1 is 1.23 bits per heavy atom. The second-order valence-electron chi connectivity index (χ2n) is 6.59. The Hall–Kier alpha value is -1.79. The Bertz CT molecular complexity index is 828. The van der Waals surface area contributed by atoms with Crippen LogP contribution in [0.5, 0.6) is 5.75 Å². The van der Waals surface area contributed by atoms with E-state index in [4.69, 9.17) is 23.2 Å². The van der Waals surface area contributed by atoms with Crippen LogP contribution < -0.4 is 5.32 Å². The van der Waals surface area contributed by atoms with E-state index in [1.165, 1.54) is 6.07 Å². The van der Waals surface area contributed by atoms with Crippen molar-refractivity contribution in [3.05, 3.63) is 63.1 Å². The summed E-state index contributed by atoms with van der Waals surface area (Å²) in [6.07, 6.45) is -0.250. The average molecular weight is 395 g/mol. The summed E-state index contributed by atoms with van der Waals surface area (Å²) in [5.41, 5.74) is 2.06. The minimum atomic E-state index is -0.666. The van der Waals surface area contributed by atoms with E-state index in [2.05, 4.69) is 5.32 Å². The number of hydrogen-bond acceptors (Lipinski definition) is 4. The van der Waals surface area contributed by atoms with Gasteiger partial charge in [0.25, 0.3) is 5.91 Å². The van der Waals surface area contributed by atoms with Crippen LogP contribution in [0.2, 0.25) is 10.0 Å². The summed E-state index contributed by atoms with van der Waals surface area (Å²) < 4.78 is 0. The van der Waals surface area contributed by atoms with Crippen molar-refractivity contribution in [1.29, 1.82) is 0 Å². The van der Waals surface area contributed by atoms with Gasteiger partial charge in [-0.15, -0.1) is 0 Å². The van der Waals surface area contributed by atoms with Crippen molar-refractivity contribution in [3.63, 3.8) is 0 Å². The zero-order valence-electron chi connectivity index (χ0n) is 14.2. The van der Waals surface area contributed by atoms with Crippen LogP contribution in [-0.2, 0) is 6.54 Å². The number of nitrogens with zero attached hydrogens (tertiary/aromatic N) is 1. The Morgan fingerprint density at radius 2 is 2.00 bits per heavy atom. The molecule has 1 amide bonds. The molecule has 3 rings (SSSR count). The van der Waals surface area contributed by atoms with Gasteiger partial charge in [0.05, 0.1) is 15.6 Å². The van der Waals surface area contributed by atoms with Crippen LogP contribution in [0.4, 0.5) is 0 Å². The van der Waals surface area contributed by atoms with E-state index in [1.807, 2.05) is 17.9 Å². The van der Waals surface area contributed by atoms with E-state index in [0.717, 1.165) is 11.1 Å². The number of aromatic hydroxyl groups is 1. The molecule has 0 aliphatic carbocycles. The molecule has 1 aliphatic rings. The quantitative estimate of drug-likeness (QED) is 0.743. The second-order valence-corrected chi connectivity index (χ2v) is 7.40. The molecule has 1 aliphatic heterocycles. The van der Waals surface area contributed by atoms with Gasteiger partial charge in [-0.05, 0) is 36.8 Å². The predicted octanol–water partition coefficient (Wildman–Crippen LogP) is 3.33. The molecule has 0 aromatic heterocycles. The summed E-state index contributed by atoms with van der Waals surface area (Å²) in [7, 11) is 0. The van der Waals surface area contributed by atoms with E-state index in [1.54, 1.807) is 24.3 Å². The summed E-state index contributed by atoms with van der Waals surface area (Å²) in [6.45, 7) is 2.86. The first-order valence-corrected chi connectivity index (χ1v) is 9.05. The lowest BCUT2D eigenvalue weighted by molar-refractivity contribution is 0.0328. The van der Waals surface area contributed by atoms with Gasteiger partial charge in [0.15, 0.2) is 0 Å². The fourth-order valence-corrected chi connectivity index (χ4v) is 3.45. The van der Waals surface area contributed by atoms with Gasteiger partial charge in [-0.3, -0.25) is 9.69 Å². The molecular formula is C19H20Cl2N2O3. The number of aryl methyl sites for hydroxylation is 1. The number of carbonyl (C=O) groups is 1. The van der Waals surface area contributed by atoms with Crippen molar-refractivity contribution in [2.75, 3.05) is 6.54 Å². The highest BCUT2D eigenvalue weighted by Crippen LogP contribution is 2.26. The number of hydrogen-bond donors (Lipinski definition) is 3. The standard InChI is InChI=1S/C19H20Cl2N2O3/c1-11-2-5-17(24)14(6-11)19(26)22-13-8-18(25)23(10-13)9-12-3-4-15(20)16(21)7-12/h2-7,13,18,24-25H,8-10H2,1H3,(H,22,26)/t13-,18?/m0/s1. The van der Waals surface area contributed by atoms with E-state index in [0.29, 0.717) is 29.6 Å². The lowest BCUT2D eigenvalue weighted by atomic mass is 10.1. The molecule has 1 heterocycles. The highest BCUT2D eigenvalue weighted by Gasteiger charge is 2.32. The number of amides is 1. The first-order chi connectivity index (χ1) is 12.3. The fourth-order valence-electron chi connectivity index (χ4n) is 3.12. The molecule has 26 heavy (non-hydrogen) atoms. The number of phenolic OH excluding ortho intramolecular Hbond substituents is 1. The Kier molecular flexibility index (Phi) is 5.73. The third-order valence-corrected chi connectivity index (χ3v) is 5.21. The third-order valence-electron chi connectivity index (χ3n) is 4.47. The summed E-state index contributed by atoms with van der Waals surface area (Å²) in [5.74, 6) is -0.404. The monoisotopic (exact) mass is 394 g/mol. The number of halogens is 2. The summed E-state index contributed by atoms with van der Waals surface area (Å²) >= 11 is 12.0. The predicted molar refractivity (Wildman–Crippen MR) is 102 cm³/mol. The van der Waals surface area contributed by atoms with Crippen molar-refractivity contribution in [1.82, 2.24) is 10.2 Å². The molecule has 1 fully saturated rings. The SMILES string of the molecule is Cc1ccc(O)c(C(=O)N[C@H]2CC(O)N(Cc3ccc(Cl)c(Cl)c3)C2)c1. The molecule has 0 saturated carbocycles. The Morgan fingerprint density at radius 3 is 2.73 bits per heavy atom. The number of likely N-dealkylation sites (tertiary alicyclic amines) is 1. The van der Waals surface area contributed by atoms with E-state index in [9.17, 15) is 15.0 Å². The van der Waals surface area contributed by atoms with Gasteiger partial charge in [-0.1, -0.05) is 40.9 Å². The van der Waals surface area contributed by atoms with Crippen LogP contribution in [0.1, 0.15) is 27.9 Å². The maximum atomic E-state index is 12.4. The molecule has 138 valence electrons. The summed E-state index contributed by atoms with van der Waals surface area (Å²) in [5, 5.41) is 24.0. The van der Waals surface area contributed by atoms with Crippen LogP contribution >= 0.6 is 23.2 Å². The van der Waals surface area contributed by atoms with E-state index < -0.39 is 6.23 Å². The molecule has 1 saturated heterocycles. The van der Waals surface area contributed by atoms with Crippen molar-refractivity contribution in [2.24, 2.45) is 0 Å². The molecule has 1 unspecified atom stereocenters. The van der Waals surface area contributed by atoms with Crippen molar-refractivity contribution in [2.45, 2.75) is 32.2 Å². The van der Waals surface area contributed by atoms with Gasteiger partial charge >= 0.3 is 0 Å². The van der Waals surface area contributed by atoms with Crippen molar-refractivity contribution < 1.29 is 15.0 Å². The number of nitrogens with one attached hydrogen (secondary N) is 1. The second kappa shape index (κ2) is 7.84. The largest absolute Gasteiger partial charge is 0.507 e. The summed E-state index contributed by atoms with van der Waals surface area (Å²) in [6, 6.07) is 10.0. The van der Waals surface area contributed by atoms with Gasteiger partial charge in [0.2, 0.25) is 0 Å². The number of aliphatic hydroxyl groups is 1. The number of aliphatic hydroxyl groups excluding tert-OH is 1. The molecule has 0 spiro atoms. The normalized spacial score (nSPS) is 20.3.